The van der Waals surface area contributed by atoms with Crippen LogP contribution in [0.4, 0.5) is 0 Å². The fourth-order valence-corrected chi connectivity index (χ4v) is 3.66. The monoisotopic (exact) mass is 334 g/mol. The van der Waals surface area contributed by atoms with E-state index in [2.05, 4.69) is 32.5 Å². The number of likely N-dealkylation sites (tertiary alicyclic amines) is 1. The highest BCUT2D eigenvalue weighted by atomic mass is 35.5. The Morgan fingerprint density at radius 1 is 1.22 bits per heavy atom. The van der Waals surface area contributed by atoms with E-state index in [9.17, 15) is 0 Å². The highest BCUT2D eigenvalue weighted by Gasteiger charge is 2.32. The summed E-state index contributed by atoms with van der Waals surface area (Å²) in [5.74, 6) is 2.31. The normalized spacial score (nSPS) is 24.2. The standard InChI is InChI=1S/C17H22N4O.ClH/c1-2-4-13(5-3-1)10-16-19-17(22-20-16)12-21-9-7-15-14(11-21)6-8-18-15;/h1-5,14-15,18H,6-12H2;1H. The topological polar surface area (TPSA) is 54.2 Å². The molecule has 23 heavy (non-hydrogen) atoms. The second kappa shape index (κ2) is 7.43. The predicted octanol–water partition coefficient (Wildman–Crippen LogP) is 2.27. The molecule has 2 unspecified atom stereocenters. The van der Waals surface area contributed by atoms with E-state index in [1.807, 2.05) is 18.2 Å². The van der Waals surface area contributed by atoms with Gasteiger partial charge in [-0.25, -0.2) is 0 Å². The van der Waals surface area contributed by atoms with Crippen LogP contribution in [0.2, 0.25) is 0 Å². The summed E-state index contributed by atoms with van der Waals surface area (Å²) in [5, 5.41) is 7.71. The maximum absolute atomic E-state index is 5.43. The van der Waals surface area contributed by atoms with Gasteiger partial charge in [0.2, 0.25) is 5.89 Å². The smallest absolute Gasteiger partial charge is 0.240 e. The molecule has 1 N–H and O–H groups in total. The number of nitrogens with zero attached hydrogens (tertiary/aromatic N) is 3. The average Bonchev–Trinajstić information content (AvgIpc) is 3.17. The third kappa shape index (κ3) is 3.91. The number of halogens is 1. The lowest BCUT2D eigenvalue weighted by Gasteiger charge is -2.33. The molecule has 0 spiro atoms. The van der Waals surface area contributed by atoms with Crippen molar-refractivity contribution in [3.8, 4) is 0 Å². The number of piperidine rings is 1. The van der Waals surface area contributed by atoms with E-state index in [1.54, 1.807) is 0 Å². The molecule has 0 saturated carbocycles. The third-order valence-corrected chi connectivity index (χ3v) is 4.81. The molecule has 2 aliphatic rings. The molecule has 0 aliphatic carbocycles. The van der Waals surface area contributed by atoms with Crippen molar-refractivity contribution in [1.29, 1.82) is 0 Å². The van der Waals surface area contributed by atoms with E-state index >= 15 is 0 Å². The Morgan fingerprint density at radius 3 is 2.96 bits per heavy atom. The Hall–Kier alpha value is -1.43. The summed E-state index contributed by atoms with van der Waals surface area (Å²) in [5.41, 5.74) is 1.22. The zero-order valence-electron chi connectivity index (χ0n) is 13.1. The molecule has 124 valence electrons. The molecule has 2 aromatic rings. The zero-order chi connectivity index (χ0) is 14.8. The first-order chi connectivity index (χ1) is 10.9. The molecule has 0 radical (unpaired) electrons. The van der Waals surface area contributed by atoms with Crippen LogP contribution in [0.5, 0.6) is 0 Å². The van der Waals surface area contributed by atoms with Crippen LogP contribution in [0.25, 0.3) is 0 Å². The van der Waals surface area contributed by atoms with Crippen LogP contribution >= 0.6 is 12.4 Å². The van der Waals surface area contributed by atoms with E-state index < -0.39 is 0 Å². The van der Waals surface area contributed by atoms with Crippen LogP contribution in [-0.4, -0.2) is 40.7 Å². The van der Waals surface area contributed by atoms with Crippen molar-refractivity contribution in [2.45, 2.75) is 31.8 Å². The van der Waals surface area contributed by atoms with Gasteiger partial charge in [-0.05, 0) is 30.9 Å². The Morgan fingerprint density at radius 2 is 2.09 bits per heavy atom. The molecule has 0 bridgehead atoms. The van der Waals surface area contributed by atoms with Crippen molar-refractivity contribution in [3.05, 3.63) is 47.6 Å². The molecule has 1 aromatic heterocycles. The van der Waals surface area contributed by atoms with Crippen molar-refractivity contribution in [1.82, 2.24) is 20.4 Å². The summed E-state index contributed by atoms with van der Waals surface area (Å²) in [6.07, 6.45) is 3.26. The van der Waals surface area contributed by atoms with Crippen molar-refractivity contribution in [2.75, 3.05) is 19.6 Å². The predicted molar refractivity (Wildman–Crippen MR) is 90.6 cm³/mol. The van der Waals surface area contributed by atoms with Crippen LogP contribution in [0.15, 0.2) is 34.9 Å². The number of nitrogens with one attached hydrogen (secondary N) is 1. The molecule has 3 heterocycles. The van der Waals surface area contributed by atoms with E-state index in [0.717, 1.165) is 49.7 Å². The molecule has 2 fully saturated rings. The number of hydrogen-bond donors (Lipinski definition) is 1. The molecule has 6 heteroatoms. The van der Waals surface area contributed by atoms with Crippen molar-refractivity contribution >= 4 is 12.4 Å². The van der Waals surface area contributed by atoms with Crippen LogP contribution in [0, 0.1) is 5.92 Å². The van der Waals surface area contributed by atoms with Gasteiger partial charge in [-0.2, -0.15) is 4.98 Å². The summed E-state index contributed by atoms with van der Waals surface area (Å²) in [6, 6.07) is 11.0. The highest BCUT2D eigenvalue weighted by molar-refractivity contribution is 5.85. The average molecular weight is 335 g/mol. The first kappa shape index (κ1) is 16.4. The van der Waals surface area contributed by atoms with Gasteiger partial charge in [-0.1, -0.05) is 35.5 Å². The SMILES string of the molecule is Cl.c1ccc(Cc2noc(CN3CCC4NCCC4C3)n2)cc1. The number of hydrogen-bond acceptors (Lipinski definition) is 5. The van der Waals surface area contributed by atoms with Gasteiger partial charge in [0.1, 0.15) is 0 Å². The Bertz CT molecular complexity index is 618. The van der Waals surface area contributed by atoms with Crippen LogP contribution in [-0.2, 0) is 13.0 Å². The second-order valence-electron chi connectivity index (χ2n) is 6.40. The molecule has 4 rings (SSSR count). The van der Waals surface area contributed by atoms with Gasteiger partial charge >= 0.3 is 0 Å². The summed E-state index contributed by atoms with van der Waals surface area (Å²) in [7, 11) is 0. The lowest BCUT2D eigenvalue weighted by Crippen LogP contribution is -2.43. The van der Waals surface area contributed by atoms with E-state index in [4.69, 9.17) is 4.52 Å². The van der Waals surface area contributed by atoms with Crippen molar-refractivity contribution in [2.24, 2.45) is 5.92 Å². The maximum atomic E-state index is 5.43. The van der Waals surface area contributed by atoms with Gasteiger partial charge < -0.3 is 9.84 Å². The second-order valence-corrected chi connectivity index (χ2v) is 6.40. The molecule has 2 atom stereocenters. The highest BCUT2D eigenvalue weighted by Crippen LogP contribution is 2.25. The Kier molecular flexibility index (Phi) is 5.30. The minimum absolute atomic E-state index is 0. The molecule has 2 aliphatic heterocycles. The van der Waals surface area contributed by atoms with Crippen molar-refractivity contribution in [3.63, 3.8) is 0 Å². The summed E-state index contributed by atoms with van der Waals surface area (Å²) in [4.78, 5) is 7.00. The summed E-state index contributed by atoms with van der Waals surface area (Å²) in [6.45, 7) is 4.22. The van der Waals surface area contributed by atoms with Gasteiger partial charge in [0.15, 0.2) is 5.82 Å². The number of fused-ring (bicyclic) bond motifs is 1. The molecule has 5 nitrogen and oxygen atoms in total. The number of benzene rings is 1. The lowest BCUT2D eigenvalue weighted by atomic mass is 9.93. The number of aromatic nitrogens is 2. The molecule has 2 saturated heterocycles. The fraction of sp³-hybridized carbons (Fsp3) is 0.529. The van der Waals surface area contributed by atoms with Gasteiger partial charge in [-0.15, -0.1) is 12.4 Å². The summed E-state index contributed by atoms with van der Waals surface area (Å²) < 4.78 is 5.43. The van der Waals surface area contributed by atoms with Gasteiger partial charge in [0.25, 0.3) is 0 Å². The lowest BCUT2D eigenvalue weighted by molar-refractivity contribution is 0.140. The van der Waals surface area contributed by atoms with E-state index in [-0.39, 0.29) is 12.4 Å². The molecule has 1 aromatic carbocycles. The minimum Gasteiger partial charge on any atom is -0.338 e. The fourth-order valence-electron chi connectivity index (χ4n) is 3.66. The molecular formula is C17H23ClN4O. The van der Waals surface area contributed by atoms with Crippen LogP contribution < -0.4 is 5.32 Å². The van der Waals surface area contributed by atoms with Gasteiger partial charge in [-0.3, -0.25) is 4.90 Å². The first-order valence-corrected chi connectivity index (χ1v) is 8.18. The largest absolute Gasteiger partial charge is 0.338 e. The number of rotatable bonds is 4. The Labute approximate surface area is 142 Å². The molecule has 0 amide bonds. The van der Waals surface area contributed by atoms with Crippen LogP contribution in [0.1, 0.15) is 30.1 Å². The van der Waals surface area contributed by atoms with Gasteiger partial charge in [0.05, 0.1) is 6.54 Å². The first-order valence-electron chi connectivity index (χ1n) is 8.18. The van der Waals surface area contributed by atoms with Gasteiger partial charge in [0, 0.05) is 25.6 Å². The van der Waals surface area contributed by atoms with E-state index in [1.165, 1.54) is 24.9 Å². The summed E-state index contributed by atoms with van der Waals surface area (Å²) >= 11 is 0. The van der Waals surface area contributed by atoms with Crippen molar-refractivity contribution < 1.29 is 4.52 Å². The quantitative estimate of drug-likeness (QED) is 0.929. The third-order valence-electron chi connectivity index (χ3n) is 4.81. The maximum Gasteiger partial charge on any atom is 0.240 e. The van der Waals surface area contributed by atoms with E-state index in [0.29, 0.717) is 0 Å². The zero-order valence-corrected chi connectivity index (χ0v) is 14.0. The minimum atomic E-state index is 0. The molecular weight excluding hydrogens is 312 g/mol. The van der Waals surface area contributed by atoms with Crippen LogP contribution in [0.3, 0.4) is 0 Å². The Balaban J connectivity index is 0.00000156.